The molecule has 0 fully saturated rings. The topological polar surface area (TPSA) is 85.5 Å². The number of aromatic nitrogens is 2. The summed E-state index contributed by atoms with van der Waals surface area (Å²) in [4.78, 5) is 7.74. The minimum Gasteiger partial charge on any atom is -0.489 e. The first-order valence-electron chi connectivity index (χ1n) is 9.45. The maximum atomic E-state index is 9.61. The number of H-pyrrole nitrogens is 1. The molecule has 0 saturated heterocycles. The molecular formula is C25H18N4O. The van der Waals surface area contributed by atoms with Crippen LogP contribution in [0.25, 0.3) is 22.7 Å². The lowest BCUT2D eigenvalue weighted by molar-refractivity contribution is 0.306. The van der Waals surface area contributed by atoms with Crippen LogP contribution in [-0.2, 0) is 6.61 Å². The number of nitrogens with one attached hydrogen (secondary N) is 1. The van der Waals surface area contributed by atoms with E-state index < -0.39 is 0 Å². The Kier molecular flexibility index (Phi) is 5.28. The van der Waals surface area contributed by atoms with E-state index in [9.17, 15) is 5.26 Å². The van der Waals surface area contributed by atoms with Crippen molar-refractivity contribution in [1.29, 1.82) is 10.5 Å². The molecule has 0 saturated carbocycles. The third-order valence-corrected chi connectivity index (χ3v) is 4.74. The summed E-state index contributed by atoms with van der Waals surface area (Å²) < 4.78 is 5.80. The Morgan fingerprint density at radius 1 is 1.07 bits per heavy atom. The second-order valence-corrected chi connectivity index (χ2v) is 6.90. The number of aromatic amines is 1. The van der Waals surface area contributed by atoms with Gasteiger partial charge in [0.15, 0.2) is 0 Å². The first-order chi connectivity index (χ1) is 14.7. The Hall–Kier alpha value is -4.35. The number of imidazole rings is 1. The first-order valence-corrected chi connectivity index (χ1v) is 9.45. The van der Waals surface area contributed by atoms with Crippen molar-refractivity contribution in [3.05, 3.63) is 94.8 Å². The van der Waals surface area contributed by atoms with Crippen LogP contribution in [0, 0.1) is 29.6 Å². The zero-order valence-electron chi connectivity index (χ0n) is 16.4. The van der Waals surface area contributed by atoms with Crippen molar-refractivity contribution in [3.63, 3.8) is 0 Å². The van der Waals surface area contributed by atoms with Gasteiger partial charge in [-0.25, -0.2) is 4.98 Å². The van der Waals surface area contributed by atoms with Crippen LogP contribution in [0.15, 0.2) is 66.7 Å². The van der Waals surface area contributed by atoms with Gasteiger partial charge in [-0.1, -0.05) is 36.4 Å². The van der Waals surface area contributed by atoms with Crippen LogP contribution in [0.4, 0.5) is 0 Å². The highest BCUT2D eigenvalue weighted by molar-refractivity contribution is 5.90. The standard InChI is InChI=1S/C25H18N4O/c1-17-6-11-23-24(12-17)29-25(28-23)21(15-27)13-18-7-9-22(10-8-18)30-16-20-5-3-2-4-19(20)14-26/h2-13H,16H2,1H3,(H,28,29). The maximum absolute atomic E-state index is 9.61. The number of nitriles is 2. The molecule has 4 aromatic rings. The lowest BCUT2D eigenvalue weighted by Crippen LogP contribution is -1.98. The van der Waals surface area contributed by atoms with Crippen molar-refractivity contribution >= 4 is 22.7 Å². The van der Waals surface area contributed by atoms with Crippen LogP contribution in [0.5, 0.6) is 5.75 Å². The molecule has 0 aliphatic rings. The van der Waals surface area contributed by atoms with E-state index in [-0.39, 0.29) is 0 Å². The molecule has 3 aromatic carbocycles. The molecule has 1 N–H and O–H groups in total. The van der Waals surface area contributed by atoms with Gasteiger partial charge in [0.1, 0.15) is 24.3 Å². The highest BCUT2D eigenvalue weighted by Crippen LogP contribution is 2.22. The van der Waals surface area contributed by atoms with Gasteiger partial charge in [-0.15, -0.1) is 0 Å². The summed E-state index contributed by atoms with van der Waals surface area (Å²) in [6.07, 6.45) is 1.79. The fourth-order valence-electron chi connectivity index (χ4n) is 3.15. The van der Waals surface area contributed by atoms with E-state index >= 15 is 0 Å². The van der Waals surface area contributed by atoms with Crippen LogP contribution in [0.2, 0.25) is 0 Å². The van der Waals surface area contributed by atoms with Crippen molar-refractivity contribution in [3.8, 4) is 17.9 Å². The lowest BCUT2D eigenvalue weighted by Gasteiger charge is -2.08. The van der Waals surface area contributed by atoms with E-state index in [1.807, 2.05) is 67.6 Å². The Labute approximate surface area is 174 Å². The number of hydrogen-bond donors (Lipinski definition) is 1. The molecule has 30 heavy (non-hydrogen) atoms. The Balaban J connectivity index is 1.51. The number of fused-ring (bicyclic) bond motifs is 1. The van der Waals surface area contributed by atoms with Gasteiger partial charge in [-0.3, -0.25) is 0 Å². The number of allylic oxidation sites excluding steroid dienone is 1. The second-order valence-electron chi connectivity index (χ2n) is 6.90. The fraction of sp³-hybridized carbons (Fsp3) is 0.0800. The van der Waals surface area contributed by atoms with Crippen LogP contribution >= 0.6 is 0 Å². The summed E-state index contributed by atoms with van der Waals surface area (Å²) in [5, 5.41) is 18.8. The molecule has 0 atom stereocenters. The van der Waals surface area contributed by atoms with Gasteiger partial charge in [0.25, 0.3) is 0 Å². The van der Waals surface area contributed by atoms with E-state index in [1.165, 1.54) is 0 Å². The number of benzene rings is 3. The average Bonchev–Trinajstić information content (AvgIpc) is 3.20. The number of rotatable bonds is 5. The van der Waals surface area contributed by atoms with E-state index in [0.717, 1.165) is 27.7 Å². The summed E-state index contributed by atoms with van der Waals surface area (Å²) in [5.74, 6) is 1.24. The Morgan fingerprint density at radius 2 is 1.87 bits per heavy atom. The Morgan fingerprint density at radius 3 is 2.63 bits per heavy atom. The van der Waals surface area contributed by atoms with Crippen LogP contribution in [0.3, 0.4) is 0 Å². The minimum atomic E-state index is 0.320. The molecule has 5 heteroatoms. The molecule has 0 unspecified atom stereocenters. The lowest BCUT2D eigenvalue weighted by atomic mass is 10.1. The van der Waals surface area contributed by atoms with Crippen LogP contribution < -0.4 is 4.74 Å². The summed E-state index contributed by atoms with van der Waals surface area (Å²) in [6.45, 7) is 2.34. The monoisotopic (exact) mass is 390 g/mol. The van der Waals surface area contributed by atoms with E-state index in [2.05, 4.69) is 22.1 Å². The van der Waals surface area contributed by atoms with Gasteiger partial charge < -0.3 is 9.72 Å². The summed E-state index contributed by atoms with van der Waals surface area (Å²) in [5.41, 5.74) is 5.65. The van der Waals surface area contributed by atoms with Gasteiger partial charge in [0.05, 0.1) is 28.2 Å². The van der Waals surface area contributed by atoms with E-state index in [1.54, 1.807) is 12.1 Å². The second kappa shape index (κ2) is 8.34. The molecule has 1 heterocycles. The van der Waals surface area contributed by atoms with Crippen molar-refractivity contribution in [2.24, 2.45) is 0 Å². The van der Waals surface area contributed by atoms with Crippen LogP contribution in [0.1, 0.15) is 28.1 Å². The van der Waals surface area contributed by atoms with Crippen LogP contribution in [-0.4, -0.2) is 9.97 Å². The number of ether oxygens (including phenoxy) is 1. The van der Waals surface area contributed by atoms with Crippen molar-refractivity contribution in [2.45, 2.75) is 13.5 Å². The third kappa shape index (κ3) is 4.06. The highest BCUT2D eigenvalue weighted by Gasteiger charge is 2.08. The molecule has 0 aliphatic heterocycles. The van der Waals surface area contributed by atoms with Gasteiger partial charge in [0, 0.05) is 5.56 Å². The third-order valence-electron chi connectivity index (χ3n) is 4.74. The summed E-state index contributed by atoms with van der Waals surface area (Å²) >= 11 is 0. The molecule has 0 amide bonds. The van der Waals surface area contributed by atoms with Gasteiger partial charge in [-0.2, -0.15) is 10.5 Å². The zero-order chi connectivity index (χ0) is 20.9. The molecule has 144 valence electrons. The minimum absolute atomic E-state index is 0.320. The summed E-state index contributed by atoms with van der Waals surface area (Å²) in [7, 11) is 0. The van der Waals surface area contributed by atoms with Gasteiger partial charge >= 0.3 is 0 Å². The molecule has 0 bridgehead atoms. The molecular weight excluding hydrogens is 372 g/mol. The average molecular weight is 390 g/mol. The predicted octanol–water partition coefficient (Wildman–Crippen LogP) is 5.39. The van der Waals surface area contributed by atoms with Crippen molar-refractivity contribution < 1.29 is 4.74 Å². The van der Waals surface area contributed by atoms with Gasteiger partial charge in [0.2, 0.25) is 0 Å². The number of nitrogens with zero attached hydrogens (tertiary/aromatic N) is 3. The largest absolute Gasteiger partial charge is 0.489 e. The predicted molar refractivity (Wildman–Crippen MR) is 116 cm³/mol. The van der Waals surface area contributed by atoms with E-state index in [0.29, 0.717) is 29.3 Å². The number of hydrogen-bond acceptors (Lipinski definition) is 4. The Bertz CT molecular complexity index is 1320. The van der Waals surface area contributed by atoms with Crippen molar-refractivity contribution in [2.75, 3.05) is 0 Å². The summed E-state index contributed by atoms with van der Waals surface area (Å²) in [6, 6.07) is 25.2. The SMILES string of the molecule is Cc1ccc2nc(C(C#N)=Cc3ccc(OCc4ccccc4C#N)cc3)[nH]c2c1. The highest BCUT2D eigenvalue weighted by atomic mass is 16.5. The molecule has 5 nitrogen and oxygen atoms in total. The van der Waals surface area contributed by atoms with Gasteiger partial charge in [-0.05, 0) is 54.5 Å². The zero-order valence-corrected chi connectivity index (χ0v) is 16.4. The fourth-order valence-corrected chi connectivity index (χ4v) is 3.15. The quantitative estimate of drug-likeness (QED) is 0.463. The van der Waals surface area contributed by atoms with Crippen molar-refractivity contribution in [1.82, 2.24) is 9.97 Å². The normalized spacial score (nSPS) is 11.1. The smallest absolute Gasteiger partial charge is 0.149 e. The first kappa shape index (κ1) is 19.0. The molecule has 0 radical (unpaired) electrons. The molecule has 0 spiro atoms. The maximum Gasteiger partial charge on any atom is 0.149 e. The number of aryl methyl sites for hydroxylation is 1. The molecule has 1 aromatic heterocycles. The van der Waals surface area contributed by atoms with E-state index in [4.69, 9.17) is 10.00 Å². The molecule has 4 rings (SSSR count). The molecule has 0 aliphatic carbocycles.